The fourth-order valence-electron chi connectivity index (χ4n) is 2.79. The summed E-state index contributed by atoms with van der Waals surface area (Å²) in [5, 5.41) is 5.85. The maximum atomic E-state index is 12.6. The van der Waals surface area contributed by atoms with E-state index in [1.165, 1.54) is 12.1 Å². The minimum absolute atomic E-state index is 0.0554. The summed E-state index contributed by atoms with van der Waals surface area (Å²) >= 11 is 0. The minimum Gasteiger partial charge on any atom is -0.465 e. The lowest BCUT2D eigenvalue weighted by Gasteiger charge is -2.15. The van der Waals surface area contributed by atoms with E-state index in [-0.39, 0.29) is 11.8 Å². The third-order valence-electron chi connectivity index (χ3n) is 4.06. The minimum atomic E-state index is -0.415. The molecule has 0 radical (unpaired) electrons. The largest absolute Gasteiger partial charge is 0.465 e. The molecule has 22 heavy (non-hydrogen) atoms. The number of benzene rings is 1. The third kappa shape index (κ3) is 2.50. The van der Waals surface area contributed by atoms with Crippen LogP contribution >= 0.6 is 0 Å². The van der Waals surface area contributed by atoms with Crippen molar-refractivity contribution in [1.29, 1.82) is 0 Å². The SMILES string of the molecule is COC(=O)c1cc(N2N=C3CCOCCC3C2=O)ccc1C. The molecular weight excluding hydrogens is 284 g/mol. The van der Waals surface area contributed by atoms with Gasteiger partial charge in [-0.05, 0) is 31.0 Å². The normalized spacial score (nSPS) is 21.2. The van der Waals surface area contributed by atoms with E-state index in [2.05, 4.69) is 5.10 Å². The predicted octanol–water partition coefficient (Wildman–Crippen LogP) is 1.91. The Labute approximate surface area is 128 Å². The first-order valence-corrected chi connectivity index (χ1v) is 7.30. The Morgan fingerprint density at radius 1 is 1.41 bits per heavy atom. The molecule has 1 unspecified atom stereocenters. The highest BCUT2D eigenvalue weighted by atomic mass is 16.5. The molecule has 0 spiro atoms. The monoisotopic (exact) mass is 302 g/mol. The number of fused-ring (bicyclic) bond motifs is 1. The molecule has 1 saturated heterocycles. The Morgan fingerprint density at radius 2 is 2.23 bits per heavy atom. The zero-order chi connectivity index (χ0) is 15.7. The van der Waals surface area contributed by atoms with E-state index in [0.717, 1.165) is 11.3 Å². The Morgan fingerprint density at radius 3 is 3.00 bits per heavy atom. The number of hydrogen-bond donors (Lipinski definition) is 0. The van der Waals surface area contributed by atoms with Gasteiger partial charge in [-0.1, -0.05) is 6.07 Å². The first kappa shape index (κ1) is 14.7. The summed E-state index contributed by atoms with van der Waals surface area (Å²) in [6.07, 6.45) is 1.33. The number of methoxy groups -OCH3 is 1. The van der Waals surface area contributed by atoms with Gasteiger partial charge in [0.1, 0.15) is 0 Å². The second kappa shape index (κ2) is 5.88. The number of carbonyl (C=O) groups excluding carboxylic acids is 2. The molecule has 116 valence electrons. The van der Waals surface area contributed by atoms with Crippen molar-refractivity contribution < 1.29 is 19.1 Å². The summed E-state index contributed by atoms with van der Waals surface area (Å²) in [5.74, 6) is -0.674. The van der Waals surface area contributed by atoms with Gasteiger partial charge in [-0.15, -0.1) is 0 Å². The summed E-state index contributed by atoms with van der Waals surface area (Å²) in [6.45, 7) is 3.00. The molecule has 2 aliphatic heterocycles. The predicted molar refractivity (Wildman–Crippen MR) is 81.0 cm³/mol. The smallest absolute Gasteiger partial charge is 0.338 e. The summed E-state index contributed by atoms with van der Waals surface area (Å²) in [7, 11) is 1.34. The molecular formula is C16H18N2O4. The number of anilines is 1. The molecule has 0 saturated carbocycles. The number of hydrogen-bond acceptors (Lipinski definition) is 5. The van der Waals surface area contributed by atoms with Gasteiger partial charge in [0.15, 0.2) is 0 Å². The van der Waals surface area contributed by atoms with Crippen molar-refractivity contribution in [2.45, 2.75) is 19.8 Å². The topological polar surface area (TPSA) is 68.2 Å². The van der Waals surface area contributed by atoms with Crippen LogP contribution in [0.15, 0.2) is 23.3 Å². The van der Waals surface area contributed by atoms with Gasteiger partial charge >= 0.3 is 5.97 Å². The molecule has 2 aliphatic rings. The number of ether oxygens (including phenoxy) is 2. The van der Waals surface area contributed by atoms with Crippen LogP contribution in [0.3, 0.4) is 0 Å². The van der Waals surface area contributed by atoms with E-state index in [4.69, 9.17) is 9.47 Å². The van der Waals surface area contributed by atoms with Crippen LogP contribution < -0.4 is 5.01 Å². The van der Waals surface area contributed by atoms with Gasteiger partial charge in [0, 0.05) is 13.0 Å². The maximum absolute atomic E-state index is 12.6. The molecule has 0 aromatic heterocycles. The first-order chi connectivity index (χ1) is 10.6. The fraction of sp³-hybridized carbons (Fsp3) is 0.438. The Balaban J connectivity index is 1.94. The third-order valence-corrected chi connectivity index (χ3v) is 4.06. The lowest BCUT2D eigenvalue weighted by atomic mass is 9.98. The Bertz CT molecular complexity index is 654. The zero-order valence-corrected chi connectivity index (χ0v) is 12.7. The molecule has 6 nitrogen and oxygen atoms in total. The van der Waals surface area contributed by atoms with Gasteiger partial charge in [-0.2, -0.15) is 5.10 Å². The molecule has 0 aliphatic carbocycles. The van der Waals surface area contributed by atoms with Crippen molar-refractivity contribution >= 4 is 23.3 Å². The van der Waals surface area contributed by atoms with Gasteiger partial charge in [0.2, 0.25) is 0 Å². The lowest BCUT2D eigenvalue weighted by molar-refractivity contribution is -0.120. The van der Waals surface area contributed by atoms with Crippen LogP contribution in [0, 0.1) is 12.8 Å². The summed E-state index contributed by atoms with van der Waals surface area (Å²) in [4.78, 5) is 24.4. The molecule has 1 fully saturated rings. The van der Waals surface area contributed by atoms with Gasteiger partial charge in [0.05, 0.1) is 36.6 Å². The zero-order valence-electron chi connectivity index (χ0n) is 12.7. The van der Waals surface area contributed by atoms with Crippen LogP contribution in [0.4, 0.5) is 5.69 Å². The highest BCUT2D eigenvalue weighted by Gasteiger charge is 2.37. The second-order valence-corrected chi connectivity index (χ2v) is 5.44. The molecule has 1 amide bonds. The quantitative estimate of drug-likeness (QED) is 0.783. The van der Waals surface area contributed by atoms with E-state index in [1.54, 1.807) is 18.2 Å². The second-order valence-electron chi connectivity index (χ2n) is 5.44. The number of carbonyl (C=O) groups is 2. The van der Waals surface area contributed by atoms with Crippen molar-refractivity contribution in [3.8, 4) is 0 Å². The van der Waals surface area contributed by atoms with Crippen molar-refractivity contribution in [3.63, 3.8) is 0 Å². The van der Waals surface area contributed by atoms with Gasteiger partial charge in [-0.3, -0.25) is 4.79 Å². The number of hydrazone groups is 1. The molecule has 1 atom stereocenters. The van der Waals surface area contributed by atoms with Gasteiger partial charge in [0.25, 0.3) is 5.91 Å². The van der Waals surface area contributed by atoms with Crippen LogP contribution in [0.1, 0.15) is 28.8 Å². The first-order valence-electron chi connectivity index (χ1n) is 7.30. The molecule has 1 aromatic carbocycles. The average Bonchev–Trinajstić information content (AvgIpc) is 2.71. The summed E-state index contributed by atoms with van der Waals surface area (Å²) in [5.41, 5.74) is 2.71. The molecule has 3 rings (SSSR count). The Hall–Kier alpha value is -2.21. The van der Waals surface area contributed by atoms with Crippen LogP contribution in [-0.4, -0.2) is 37.9 Å². The van der Waals surface area contributed by atoms with E-state index in [1.807, 2.05) is 6.92 Å². The molecule has 0 bridgehead atoms. The van der Waals surface area contributed by atoms with Gasteiger partial charge < -0.3 is 9.47 Å². The number of esters is 1. The van der Waals surface area contributed by atoms with Crippen LogP contribution in [0.2, 0.25) is 0 Å². The van der Waals surface area contributed by atoms with Crippen molar-refractivity contribution in [2.24, 2.45) is 11.0 Å². The van der Waals surface area contributed by atoms with Gasteiger partial charge in [-0.25, -0.2) is 9.80 Å². The fourth-order valence-corrected chi connectivity index (χ4v) is 2.79. The van der Waals surface area contributed by atoms with Crippen LogP contribution in [0.5, 0.6) is 0 Å². The van der Waals surface area contributed by atoms with Crippen molar-refractivity contribution in [1.82, 2.24) is 0 Å². The Kier molecular flexibility index (Phi) is 3.94. The highest BCUT2D eigenvalue weighted by Crippen LogP contribution is 2.29. The lowest BCUT2D eigenvalue weighted by Crippen LogP contribution is -2.27. The highest BCUT2D eigenvalue weighted by molar-refractivity contribution is 6.15. The summed E-state index contributed by atoms with van der Waals surface area (Å²) in [6, 6.07) is 5.25. The number of amides is 1. The van der Waals surface area contributed by atoms with Crippen molar-refractivity contribution in [3.05, 3.63) is 29.3 Å². The average molecular weight is 302 g/mol. The van der Waals surface area contributed by atoms with Crippen LogP contribution in [-0.2, 0) is 14.3 Å². The number of nitrogens with zero attached hydrogens (tertiary/aromatic N) is 2. The molecule has 2 heterocycles. The van der Waals surface area contributed by atoms with E-state index >= 15 is 0 Å². The molecule has 1 aromatic rings. The van der Waals surface area contributed by atoms with E-state index < -0.39 is 5.97 Å². The van der Waals surface area contributed by atoms with E-state index in [0.29, 0.717) is 37.3 Å². The molecule has 6 heteroatoms. The maximum Gasteiger partial charge on any atom is 0.338 e. The standard InChI is InChI=1S/C16H18N2O4/c1-10-3-4-11(9-13(10)16(20)21-2)18-15(19)12-5-7-22-8-6-14(12)17-18/h3-4,9,12H,5-8H2,1-2H3. The number of aryl methyl sites for hydroxylation is 1. The van der Waals surface area contributed by atoms with E-state index in [9.17, 15) is 9.59 Å². The molecule has 0 N–H and O–H groups in total. The van der Waals surface area contributed by atoms with Crippen molar-refractivity contribution in [2.75, 3.05) is 25.3 Å². The number of rotatable bonds is 2. The summed E-state index contributed by atoms with van der Waals surface area (Å²) < 4.78 is 10.2. The van der Waals surface area contributed by atoms with Crippen LogP contribution in [0.25, 0.3) is 0 Å².